The molecule has 0 saturated carbocycles. The van der Waals surface area contributed by atoms with Crippen molar-refractivity contribution in [2.24, 2.45) is 0 Å². The maximum Gasteiger partial charge on any atom is 2.00 e. The van der Waals surface area contributed by atoms with Gasteiger partial charge in [0.15, 0.2) is 0 Å². The first kappa shape index (κ1) is 26.5. The number of imide groups is 1. The van der Waals surface area contributed by atoms with Gasteiger partial charge < -0.3 is 21.3 Å². The molecule has 0 heterocycles. The van der Waals surface area contributed by atoms with Gasteiger partial charge in [-0.15, -0.1) is 0 Å². The molecule has 0 radical (unpaired) electrons. The fraction of sp³-hybridized carbons (Fsp3) is 0.550. The Labute approximate surface area is 165 Å². The van der Waals surface area contributed by atoms with E-state index < -0.39 is 13.8 Å². The molecule has 3 nitrogen and oxygen atoms in total. The van der Waals surface area contributed by atoms with Crippen LogP contribution < -0.4 is 0 Å². The Balaban J connectivity index is 0. The van der Waals surface area contributed by atoms with Gasteiger partial charge in [0.1, 0.15) is 0 Å². The molecular weight excluding hydrogens is 376 g/mol. The molecule has 0 aliphatic carbocycles. The summed E-state index contributed by atoms with van der Waals surface area (Å²) in [5.74, 6) is -0.729. The van der Waals surface area contributed by atoms with E-state index in [4.69, 9.17) is 0 Å². The Hall–Kier alpha value is -0.716. The summed E-state index contributed by atoms with van der Waals surface area (Å²) in [5.41, 5.74) is 0.464. The molecule has 144 valence electrons. The largest absolute Gasteiger partial charge is 2.00 e. The molecule has 0 aliphatic heterocycles. The molecule has 2 amide bonds. The normalized spacial score (nSPS) is 11.1. The summed E-state index contributed by atoms with van der Waals surface area (Å²) in [6.07, 6.45) is 2.40. The van der Waals surface area contributed by atoms with Crippen molar-refractivity contribution in [3.8, 4) is 0 Å². The summed E-state index contributed by atoms with van der Waals surface area (Å²) in [4.78, 5) is 24.1. The van der Waals surface area contributed by atoms with E-state index >= 15 is 0 Å². The minimum absolute atomic E-state index is 0. The zero-order valence-corrected chi connectivity index (χ0v) is 18.7. The molecule has 0 spiro atoms. The van der Waals surface area contributed by atoms with E-state index in [-0.39, 0.29) is 32.7 Å². The van der Waals surface area contributed by atoms with Crippen LogP contribution in [0.25, 0.3) is 5.32 Å². The van der Waals surface area contributed by atoms with E-state index in [0.29, 0.717) is 11.7 Å². The average Bonchev–Trinajstić information content (AvgIpc) is 2.44. The standard InChI is InChI=1S/C17H26NO2P.C3H7.Ni/c1-16(2,3)21(17(4,5)6)12-14(19)18-15(20)13-10-8-7-9-11-13;1-3-2;/h7-11H,12H2,1-6H3,(H,18,19,20);3H,1-2H3;/q;-1;+2. The van der Waals surface area contributed by atoms with Gasteiger partial charge in [-0.1, -0.05) is 30.3 Å². The third-order valence-electron chi connectivity index (χ3n) is 3.39. The van der Waals surface area contributed by atoms with Crippen molar-refractivity contribution in [3.63, 3.8) is 0 Å². The zero-order valence-electron chi connectivity index (χ0n) is 16.8. The van der Waals surface area contributed by atoms with E-state index in [1.54, 1.807) is 24.3 Å². The van der Waals surface area contributed by atoms with Crippen molar-refractivity contribution in [1.82, 2.24) is 0 Å². The minimum atomic E-state index is -0.997. The number of carbonyl (C=O) groups is 2. The molecule has 0 fully saturated rings. The van der Waals surface area contributed by atoms with Crippen LogP contribution in [-0.2, 0) is 21.3 Å². The summed E-state index contributed by atoms with van der Waals surface area (Å²) < 4.78 is 0. The summed E-state index contributed by atoms with van der Waals surface area (Å²) >= 11 is 0. The van der Waals surface area contributed by atoms with Crippen molar-refractivity contribution in [1.29, 1.82) is 0 Å². The number of hydrogen-bond acceptors (Lipinski definition) is 2. The van der Waals surface area contributed by atoms with Gasteiger partial charge in [0.05, 0.1) is 28.3 Å². The topological polar surface area (TPSA) is 48.2 Å². The fourth-order valence-corrected chi connectivity index (χ4v) is 6.30. The second kappa shape index (κ2) is 11.8. The molecule has 1 rings (SSSR count). The minimum Gasteiger partial charge on any atom is -0.589 e. The number of amides is 2. The maximum atomic E-state index is 12.2. The van der Waals surface area contributed by atoms with Gasteiger partial charge in [0.2, 0.25) is 0 Å². The SMILES string of the molecule is CC(C)(C)[PH+](CC(=O)[N-]C(=O)c1ccccc1)C(C)(C)C.C[CH-]C.[Ni+2]. The van der Waals surface area contributed by atoms with Crippen molar-refractivity contribution in [3.05, 3.63) is 47.6 Å². The van der Waals surface area contributed by atoms with Crippen LogP contribution in [0, 0.1) is 6.42 Å². The molecule has 25 heavy (non-hydrogen) atoms. The number of hydrogen-bond donors (Lipinski definition) is 0. The molecule has 0 aromatic heterocycles. The number of benzene rings is 1. The van der Waals surface area contributed by atoms with E-state index in [1.807, 2.05) is 26.3 Å². The number of carbonyl (C=O) groups excluding carboxylic acids is 2. The van der Waals surface area contributed by atoms with Crippen molar-refractivity contribution >= 4 is 19.7 Å². The Kier molecular flexibility index (Phi) is 12.5. The number of rotatable bonds is 3. The van der Waals surface area contributed by atoms with Gasteiger partial charge in [-0.3, -0.25) is 0 Å². The average molecular weight is 409 g/mol. The van der Waals surface area contributed by atoms with E-state index in [9.17, 15) is 9.59 Å². The van der Waals surface area contributed by atoms with E-state index in [2.05, 4.69) is 46.9 Å². The van der Waals surface area contributed by atoms with Crippen LogP contribution in [0.3, 0.4) is 0 Å². The van der Waals surface area contributed by atoms with Crippen LogP contribution in [0.1, 0.15) is 65.7 Å². The van der Waals surface area contributed by atoms with Crippen LogP contribution in [0.5, 0.6) is 0 Å². The Morgan fingerprint density at radius 3 is 1.72 bits per heavy atom. The summed E-state index contributed by atoms with van der Waals surface area (Å²) in [6.45, 7) is 17.0. The quantitative estimate of drug-likeness (QED) is 0.362. The van der Waals surface area contributed by atoms with Gasteiger partial charge in [0, 0.05) is 7.92 Å². The molecule has 0 aliphatic rings. The second-order valence-corrected chi connectivity index (χ2v) is 12.2. The first-order chi connectivity index (χ1) is 10.9. The van der Waals surface area contributed by atoms with Crippen LogP contribution in [0.2, 0.25) is 0 Å². The van der Waals surface area contributed by atoms with E-state index in [0.717, 1.165) is 0 Å². The van der Waals surface area contributed by atoms with Gasteiger partial charge >= 0.3 is 16.5 Å². The third kappa shape index (κ3) is 10.8. The Morgan fingerprint density at radius 2 is 1.36 bits per heavy atom. The molecule has 0 saturated heterocycles. The van der Waals surface area contributed by atoms with Gasteiger partial charge in [-0.25, -0.2) is 0 Å². The van der Waals surface area contributed by atoms with Crippen LogP contribution in [0.4, 0.5) is 0 Å². The Bertz CT molecular complexity index is 505. The predicted molar refractivity (Wildman–Crippen MR) is 107 cm³/mol. The Morgan fingerprint density at radius 1 is 0.960 bits per heavy atom. The summed E-state index contributed by atoms with van der Waals surface area (Å²) in [5, 5.41) is 3.94. The molecule has 0 atom stereocenters. The van der Waals surface area contributed by atoms with Gasteiger partial charge in [0.25, 0.3) is 0 Å². The van der Waals surface area contributed by atoms with E-state index in [1.165, 1.54) is 0 Å². The maximum absolute atomic E-state index is 12.2. The molecule has 5 heteroatoms. The summed E-state index contributed by atoms with van der Waals surface area (Å²) in [7, 11) is -0.997. The fourth-order valence-electron chi connectivity index (χ4n) is 2.60. The van der Waals surface area contributed by atoms with Crippen LogP contribution in [0.15, 0.2) is 30.3 Å². The zero-order chi connectivity index (χ0) is 19.0. The third-order valence-corrected chi connectivity index (χ3v) is 7.66. The summed E-state index contributed by atoms with van der Waals surface area (Å²) in [6, 6.07) is 8.73. The first-order valence-corrected chi connectivity index (χ1v) is 10.1. The monoisotopic (exact) mass is 408 g/mol. The molecule has 1 aromatic rings. The molecule has 0 N–H and O–H groups in total. The second-order valence-electron chi connectivity index (χ2n) is 7.91. The smallest absolute Gasteiger partial charge is 0.589 e. The molecular formula is C20H33NNiO2P+. The van der Waals surface area contributed by atoms with Crippen LogP contribution >= 0.6 is 7.92 Å². The van der Waals surface area contributed by atoms with Crippen LogP contribution in [-0.4, -0.2) is 28.3 Å². The van der Waals surface area contributed by atoms with Crippen molar-refractivity contribution in [2.75, 3.05) is 6.16 Å². The number of nitrogens with zero attached hydrogens (tertiary/aromatic N) is 1. The molecule has 1 aromatic carbocycles. The molecule has 0 bridgehead atoms. The molecule has 0 unspecified atom stereocenters. The van der Waals surface area contributed by atoms with Crippen molar-refractivity contribution in [2.45, 2.75) is 65.7 Å². The van der Waals surface area contributed by atoms with Gasteiger partial charge in [-0.05, 0) is 47.1 Å². The van der Waals surface area contributed by atoms with Crippen molar-refractivity contribution < 1.29 is 26.1 Å². The van der Waals surface area contributed by atoms with Gasteiger partial charge in [-0.2, -0.15) is 13.8 Å². The predicted octanol–water partition coefficient (Wildman–Crippen LogP) is 5.77. The first-order valence-electron chi connectivity index (χ1n) is 8.38.